The topological polar surface area (TPSA) is 21.3 Å². The van der Waals surface area contributed by atoms with Gasteiger partial charge in [0.05, 0.1) is 0 Å². The number of rotatable bonds is 4. The molecule has 1 aliphatic carbocycles. The Hall–Kier alpha value is -1.09. The van der Waals surface area contributed by atoms with E-state index in [2.05, 4.69) is 19.2 Å². The van der Waals surface area contributed by atoms with Crippen LogP contribution in [0.25, 0.3) is 0 Å². The summed E-state index contributed by atoms with van der Waals surface area (Å²) >= 11 is 0. The minimum absolute atomic E-state index is 0.144. The van der Waals surface area contributed by atoms with E-state index in [1.807, 2.05) is 6.07 Å². The summed E-state index contributed by atoms with van der Waals surface area (Å²) in [7, 11) is 0. The number of aryl methyl sites for hydroxylation is 1. The van der Waals surface area contributed by atoms with Crippen LogP contribution in [-0.2, 0) is 0 Å². The quantitative estimate of drug-likeness (QED) is 0.896. The summed E-state index contributed by atoms with van der Waals surface area (Å²) in [5.74, 6) is 1.13. The number of ether oxygens (including phenoxy) is 1. The Bertz CT molecular complexity index is 421. The van der Waals surface area contributed by atoms with E-state index in [0.717, 1.165) is 19.4 Å². The Balaban J connectivity index is 2.07. The molecule has 1 aliphatic rings. The summed E-state index contributed by atoms with van der Waals surface area (Å²) in [5, 5.41) is 3.48. The number of hydrogen-bond donors (Lipinski definition) is 1. The maximum atomic E-state index is 13.6. The molecule has 3 unspecified atom stereocenters. The first-order valence-electron chi connectivity index (χ1n) is 7.26. The van der Waals surface area contributed by atoms with E-state index in [1.54, 1.807) is 13.0 Å². The van der Waals surface area contributed by atoms with Gasteiger partial charge in [0, 0.05) is 12.1 Å². The summed E-state index contributed by atoms with van der Waals surface area (Å²) in [6.45, 7) is 7.08. The molecule has 0 aliphatic heterocycles. The first kappa shape index (κ1) is 14.3. The van der Waals surface area contributed by atoms with Gasteiger partial charge in [-0.05, 0) is 50.3 Å². The Morgan fingerprint density at radius 2 is 2.16 bits per heavy atom. The van der Waals surface area contributed by atoms with Gasteiger partial charge in [0.25, 0.3) is 0 Å². The second kappa shape index (κ2) is 6.38. The predicted octanol–water partition coefficient (Wildman–Crippen LogP) is 3.68. The van der Waals surface area contributed by atoms with Crippen molar-refractivity contribution in [3.05, 3.63) is 29.6 Å². The Morgan fingerprint density at radius 1 is 1.37 bits per heavy atom. The monoisotopic (exact) mass is 265 g/mol. The van der Waals surface area contributed by atoms with E-state index >= 15 is 0 Å². The molecule has 1 aromatic rings. The van der Waals surface area contributed by atoms with E-state index in [0.29, 0.717) is 23.3 Å². The molecule has 19 heavy (non-hydrogen) atoms. The van der Waals surface area contributed by atoms with Crippen LogP contribution in [0.4, 0.5) is 4.39 Å². The largest absolute Gasteiger partial charge is 0.489 e. The highest BCUT2D eigenvalue weighted by Crippen LogP contribution is 2.28. The zero-order valence-electron chi connectivity index (χ0n) is 12.1. The van der Waals surface area contributed by atoms with Crippen molar-refractivity contribution in [1.29, 1.82) is 0 Å². The van der Waals surface area contributed by atoms with Gasteiger partial charge in [-0.15, -0.1) is 0 Å². The molecule has 2 rings (SSSR count). The molecule has 1 saturated carbocycles. The van der Waals surface area contributed by atoms with Crippen molar-refractivity contribution >= 4 is 0 Å². The van der Waals surface area contributed by atoms with Gasteiger partial charge in [-0.1, -0.05) is 19.9 Å². The van der Waals surface area contributed by atoms with E-state index in [1.165, 1.54) is 12.5 Å². The Kier molecular flexibility index (Phi) is 4.81. The van der Waals surface area contributed by atoms with Gasteiger partial charge < -0.3 is 10.1 Å². The minimum Gasteiger partial charge on any atom is -0.489 e. The third kappa shape index (κ3) is 3.69. The standard InChI is InChI=1S/C16H24FNO/c1-4-18-15-8-5-11(2)9-16(15)19-13-7-6-12(3)14(17)10-13/h6-7,10-11,15-16,18H,4-5,8-9H2,1-3H3. The van der Waals surface area contributed by atoms with Crippen LogP contribution < -0.4 is 10.1 Å². The molecule has 1 fully saturated rings. The van der Waals surface area contributed by atoms with Crippen molar-refractivity contribution in [2.75, 3.05) is 6.54 Å². The molecule has 0 spiro atoms. The fourth-order valence-electron chi connectivity index (χ4n) is 2.78. The normalized spacial score (nSPS) is 27.3. The van der Waals surface area contributed by atoms with Crippen molar-refractivity contribution in [2.24, 2.45) is 5.92 Å². The lowest BCUT2D eigenvalue weighted by atomic mass is 9.85. The van der Waals surface area contributed by atoms with Crippen LogP contribution in [0.15, 0.2) is 18.2 Å². The maximum absolute atomic E-state index is 13.6. The van der Waals surface area contributed by atoms with Gasteiger partial charge in [-0.2, -0.15) is 0 Å². The fraction of sp³-hybridized carbons (Fsp3) is 0.625. The van der Waals surface area contributed by atoms with Gasteiger partial charge in [-0.3, -0.25) is 0 Å². The minimum atomic E-state index is -0.193. The summed E-state index contributed by atoms with van der Waals surface area (Å²) in [6, 6.07) is 5.52. The molecule has 0 aromatic heterocycles. The predicted molar refractivity (Wildman–Crippen MR) is 76.0 cm³/mol. The molecule has 0 saturated heterocycles. The van der Waals surface area contributed by atoms with E-state index in [9.17, 15) is 4.39 Å². The van der Waals surface area contributed by atoms with Crippen molar-refractivity contribution in [2.45, 2.75) is 52.2 Å². The average molecular weight is 265 g/mol. The highest BCUT2D eigenvalue weighted by Gasteiger charge is 2.29. The molecule has 0 radical (unpaired) electrons. The van der Waals surface area contributed by atoms with Crippen LogP contribution in [0.5, 0.6) is 5.75 Å². The summed E-state index contributed by atoms with van der Waals surface area (Å²) < 4.78 is 19.6. The first-order valence-corrected chi connectivity index (χ1v) is 7.26. The van der Waals surface area contributed by atoms with Crippen LogP contribution in [0, 0.1) is 18.7 Å². The molecule has 3 atom stereocenters. The molecule has 106 valence electrons. The Morgan fingerprint density at radius 3 is 2.84 bits per heavy atom. The van der Waals surface area contributed by atoms with Gasteiger partial charge in [0.15, 0.2) is 0 Å². The van der Waals surface area contributed by atoms with Crippen LogP contribution in [-0.4, -0.2) is 18.7 Å². The zero-order chi connectivity index (χ0) is 13.8. The van der Waals surface area contributed by atoms with Gasteiger partial charge in [0.1, 0.15) is 17.7 Å². The smallest absolute Gasteiger partial charge is 0.129 e. The highest BCUT2D eigenvalue weighted by molar-refractivity contribution is 5.28. The van der Waals surface area contributed by atoms with E-state index < -0.39 is 0 Å². The zero-order valence-corrected chi connectivity index (χ0v) is 12.1. The van der Waals surface area contributed by atoms with Crippen LogP contribution >= 0.6 is 0 Å². The molecular weight excluding hydrogens is 241 g/mol. The Labute approximate surface area is 115 Å². The number of benzene rings is 1. The van der Waals surface area contributed by atoms with Gasteiger partial charge in [-0.25, -0.2) is 4.39 Å². The SMILES string of the molecule is CCNC1CCC(C)CC1Oc1ccc(C)c(F)c1. The van der Waals surface area contributed by atoms with Crippen molar-refractivity contribution in [3.63, 3.8) is 0 Å². The van der Waals surface area contributed by atoms with Crippen LogP contribution in [0.3, 0.4) is 0 Å². The lowest BCUT2D eigenvalue weighted by Crippen LogP contribution is -2.46. The average Bonchev–Trinajstić information content (AvgIpc) is 2.37. The third-order valence-electron chi connectivity index (χ3n) is 3.95. The van der Waals surface area contributed by atoms with Gasteiger partial charge >= 0.3 is 0 Å². The second-order valence-corrected chi connectivity index (χ2v) is 5.65. The first-order chi connectivity index (χ1) is 9.10. The molecule has 0 bridgehead atoms. The van der Waals surface area contributed by atoms with Crippen molar-refractivity contribution in [1.82, 2.24) is 5.32 Å². The number of likely N-dealkylation sites (N-methyl/N-ethyl adjacent to an activating group) is 1. The number of halogens is 1. The molecule has 1 N–H and O–H groups in total. The molecule has 0 heterocycles. The maximum Gasteiger partial charge on any atom is 0.129 e. The molecule has 1 aromatic carbocycles. The van der Waals surface area contributed by atoms with Crippen LogP contribution in [0.2, 0.25) is 0 Å². The third-order valence-corrected chi connectivity index (χ3v) is 3.95. The van der Waals surface area contributed by atoms with Crippen molar-refractivity contribution in [3.8, 4) is 5.75 Å². The summed E-state index contributed by atoms with van der Waals surface area (Å²) in [6.07, 6.45) is 3.55. The van der Waals surface area contributed by atoms with E-state index in [-0.39, 0.29) is 11.9 Å². The lowest BCUT2D eigenvalue weighted by Gasteiger charge is -2.35. The summed E-state index contributed by atoms with van der Waals surface area (Å²) in [4.78, 5) is 0. The van der Waals surface area contributed by atoms with Gasteiger partial charge in [0.2, 0.25) is 0 Å². The second-order valence-electron chi connectivity index (χ2n) is 5.65. The number of hydrogen-bond acceptors (Lipinski definition) is 2. The highest BCUT2D eigenvalue weighted by atomic mass is 19.1. The molecule has 2 nitrogen and oxygen atoms in total. The molecular formula is C16H24FNO. The summed E-state index contributed by atoms with van der Waals surface area (Å²) in [5.41, 5.74) is 0.660. The lowest BCUT2D eigenvalue weighted by molar-refractivity contribution is 0.0913. The van der Waals surface area contributed by atoms with E-state index in [4.69, 9.17) is 4.74 Å². The number of nitrogens with one attached hydrogen (secondary N) is 1. The molecule has 3 heteroatoms. The molecule has 0 amide bonds. The van der Waals surface area contributed by atoms with Crippen molar-refractivity contribution < 1.29 is 9.13 Å². The fourth-order valence-corrected chi connectivity index (χ4v) is 2.78. The van der Waals surface area contributed by atoms with Crippen LogP contribution in [0.1, 0.15) is 38.7 Å².